The Morgan fingerprint density at radius 1 is 1.23 bits per heavy atom. The van der Waals surface area contributed by atoms with Crippen molar-refractivity contribution in [2.75, 3.05) is 18.8 Å². The number of carboxylic acids is 2. The Kier molecular flexibility index (Phi) is 8.32. The maximum absolute atomic E-state index is 12.4. The number of amides is 3. The summed E-state index contributed by atoms with van der Waals surface area (Å²) in [5.41, 5.74) is 5.35. The molecule has 1 saturated heterocycles. The summed E-state index contributed by atoms with van der Waals surface area (Å²) in [4.78, 5) is 58.7. The zero-order valence-corrected chi connectivity index (χ0v) is 14.8. The van der Waals surface area contributed by atoms with Crippen LogP contribution in [0, 0.1) is 0 Å². The fourth-order valence-corrected chi connectivity index (χ4v) is 2.75. The van der Waals surface area contributed by atoms with Gasteiger partial charge in [0.1, 0.15) is 12.1 Å². The molecule has 0 saturated carbocycles. The van der Waals surface area contributed by atoms with Gasteiger partial charge in [-0.2, -0.15) is 12.6 Å². The predicted octanol–water partition coefficient (Wildman–Crippen LogP) is -2.61. The molecule has 0 aliphatic carbocycles. The summed E-state index contributed by atoms with van der Waals surface area (Å²) in [7, 11) is 0. The molecule has 0 spiro atoms. The van der Waals surface area contributed by atoms with Gasteiger partial charge in [-0.25, -0.2) is 4.79 Å². The van der Waals surface area contributed by atoms with E-state index in [-0.39, 0.29) is 12.3 Å². The van der Waals surface area contributed by atoms with Gasteiger partial charge in [0.05, 0.1) is 19.0 Å². The van der Waals surface area contributed by atoms with Gasteiger partial charge < -0.3 is 31.5 Å². The van der Waals surface area contributed by atoms with E-state index in [1.165, 1.54) is 4.90 Å². The quantitative estimate of drug-likeness (QED) is 0.232. The molecular weight excluding hydrogens is 368 g/mol. The van der Waals surface area contributed by atoms with Crippen molar-refractivity contribution in [3.63, 3.8) is 0 Å². The average Bonchev–Trinajstić information content (AvgIpc) is 3.06. The van der Waals surface area contributed by atoms with Crippen LogP contribution in [0.15, 0.2) is 0 Å². The van der Waals surface area contributed by atoms with Gasteiger partial charge in [0, 0.05) is 12.3 Å². The first-order chi connectivity index (χ1) is 12.2. The Morgan fingerprint density at radius 3 is 2.42 bits per heavy atom. The number of thiol groups is 1. The van der Waals surface area contributed by atoms with Gasteiger partial charge in [0.15, 0.2) is 0 Å². The topological polar surface area (TPSA) is 179 Å². The third kappa shape index (κ3) is 6.19. The summed E-state index contributed by atoms with van der Waals surface area (Å²) >= 11 is 4.00. The van der Waals surface area contributed by atoms with Crippen LogP contribution in [0.3, 0.4) is 0 Å². The molecule has 1 heterocycles. The minimum atomic E-state index is -1.30. The highest BCUT2D eigenvalue weighted by molar-refractivity contribution is 7.80. The van der Waals surface area contributed by atoms with Gasteiger partial charge in [0.25, 0.3) is 0 Å². The van der Waals surface area contributed by atoms with Crippen LogP contribution >= 0.6 is 12.6 Å². The first-order valence-corrected chi connectivity index (χ1v) is 8.49. The standard InChI is InChI=1S/C14H22N4O7S/c15-7(4-11(20)21)12(22)16-5-10(19)17-8(6-26)13(23)18-3-1-2-9(18)14(24)25/h7-9,26H,1-6,15H2,(H,16,22)(H,17,19)(H,20,21)(H,24,25). The van der Waals surface area contributed by atoms with E-state index in [2.05, 4.69) is 23.3 Å². The summed E-state index contributed by atoms with van der Waals surface area (Å²) in [6, 6.07) is -3.28. The first kappa shape index (κ1) is 21.7. The predicted molar refractivity (Wildman–Crippen MR) is 91.4 cm³/mol. The molecule has 0 radical (unpaired) electrons. The molecule has 0 bridgehead atoms. The van der Waals surface area contributed by atoms with Crippen LogP contribution < -0.4 is 16.4 Å². The van der Waals surface area contributed by atoms with E-state index >= 15 is 0 Å². The van der Waals surface area contributed by atoms with E-state index < -0.39 is 60.8 Å². The highest BCUT2D eigenvalue weighted by atomic mass is 32.1. The van der Waals surface area contributed by atoms with E-state index in [0.29, 0.717) is 12.8 Å². The van der Waals surface area contributed by atoms with Crippen molar-refractivity contribution in [1.82, 2.24) is 15.5 Å². The molecule has 0 aromatic carbocycles. The maximum atomic E-state index is 12.4. The second kappa shape index (κ2) is 9.97. The normalized spacial score (nSPS) is 18.7. The van der Waals surface area contributed by atoms with E-state index in [0.717, 1.165) is 0 Å². The fourth-order valence-electron chi connectivity index (χ4n) is 2.50. The smallest absolute Gasteiger partial charge is 0.326 e. The molecule has 3 amide bonds. The minimum Gasteiger partial charge on any atom is -0.481 e. The fraction of sp³-hybridized carbons (Fsp3) is 0.643. The van der Waals surface area contributed by atoms with Gasteiger partial charge in [0.2, 0.25) is 17.7 Å². The largest absolute Gasteiger partial charge is 0.481 e. The molecule has 3 atom stereocenters. The van der Waals surface area contributed by atoms with Crippen LogP contribution in [0.2, 0.25) is 0 Å². The maximum Gasteiger partial charge on any atom is 0.326 e. The van der Waals surface area contributed by atoms with E-state index in [4.69, 9.17) is 15.9 Å². The third-order valence-electron chi connectivity index (χ3n) is 3.79. The van der Waals surface area contributed by atoms with E-state index in [1.807, 2.05) is 0 Å². The summed E-state index contributed by atoms with van der Waals surface area (Å²) in [5.74, 6) is -4.51. The van der Waals surface area contributed by atoms with Crippen LogP contribution in [0.5, 0.6) is 0 Å². The van der Waals surface area contributed by atoms with Gasteiger partial charge in [-0.3, -0.25) is 19.2 Å². The number of carboxylic acid groups (broad SMARTS) is 2. The van der Waals surface area contributed by atoms with Gasteiger partial charge >= 0.3 is 11.9 Å². The monoisotopic (exact) mass is 390 g/mol. The lowest BCUT2D eigenvalue weighted by Crippen LogP contribution is -2.54. The van der Waals surface area contributed by atoms with Crippen LogP contribution in [-0.2, 0) is 24.0 Å². The summed E-state index contributed by atoms with van der Waals surface area (Å²) in [5, 5.41) is 22.2. The van der Waals surface area contributed by atoms with Crippen molar-refractivity contribution in [2.45, 2.75) is 37.4 Å². The number of nitrogens with two attached hydrogens (primary N) is 1. The molecule has 11 nitrogen and oxygen atoms in total. The second-order valence-electron chi connectivity index (χ2n) is 5.75. The van der Waals surface area contributed by atoms with Crippen molar-refractivity contribution in [1.29, 1.82) is 0 Å². The van der Waals surface area contributed by atoms with Crippen molar-refractivity contribution < 1.29 is 34.2 Å². The van der Waals surface area contributed by atoms with Gasteiger partial charge in [-0.1, -0.05) is 0 Å². The van der Waals surface area contributed by atoms with Crippen LogP contribution in [0.4, 0.5) is 0 Å². The number of aliphatic carboxylic acids is 2. The summed E-state index contributed by atoms with van der Waals surface area (Å²) in [6.07, 6.45) is 0.302. The zero-order valence-electron chi connectivity index (χ0n) is 13.9. The molecule has 1 aliphatic heterocycles. The highest BCUT2D eigenvalue weighted by Crippen LogP contribution is 2.18. The first-order valence-electron chi connectivity index (χ1n) is 7.86. The number of carbonyl (C=O) groups excluding carboxylic acids is 3. The molecule has 146 valence electrons. The SMILES string of the molecule is NC(CC(=O)O)C(=O)NCC(=O)NC(CS)C(=O)N1CCCC1C(=O)O. The van der Waals surface area contributed by atoms with E-state index in [1.54, 1.807) is 0 Å². The molecule has 12 heteroatoms. The Morgan fingerprint density at radius 2 is 1.88 bits per heavy atom. The molecule has 1 aliphatic rings. The second-order valence-corrected chi connectivity index (χ2v) is 6.12. The van der Waals surface area contributed by atoms with Crippen LogP contribution in [-0.4, -0.2) is 81.7 Å². The average molecular weight is 390 g/mol. The molecule has 3 unspecified atom stereocenters. The summed E-state index contributed by atoms with van der Waals surface area (Å²) in [6.45, 7) is -0.233. The van der Waals surface area contributed by atoms with Crippen molar-refractivity contribution in [2.24, 2.45) is 5.73 Å². The van der Waals surface area contributed by atoms with E-state index in [9.17, 15) is 24.0 Å². The summed E-state index contributed by atoms with van der Waals surface area (Å²) < 4.78 is 0. The number of hydrogen-bond acceptors (Lipinski definition) is 7. The zero-order chi connectivity index (χ0) is 19.9. The number of carbonyl (C=O) groups is 5. The minimum absolute atomic E-state index is 0.0557. The number of rotatable bonds is 9. The Bertz CT molecular complexity index is 586. The molecule has 0 aromatic heterocycles. The Labute approximate surface area is 154 Å². The molecule has 0 aromatic rings. The lowest BCUT2D eigenvalue weighted by molar-refractivity contribution is -0.149. The Balaban J connectivity index is 2.55. The molecule has 6 N–H and O–H groups in total. The van der Waals surface area contributed by atoms with Crippen LogP contribution in [0.1, 0.15) is 19.3 Å². The van der Waals surface area contributed by atoms with Crippen molar-refractivity contribution >= 4 is 42.3 Å². The number of likely N-dealkylation sites (tertiary alicyclic amines) is 1. The third-order valence-corrected chi connectivity index (χ3v) is 4.16. The lowest BCUT2D eigenvalue weighted by atomic mass is 10.2. The van der Waals surface area contributed by atoms with Gasteiger partial charge in [-0.15, -0.1) is 0 Å². The molecule has 1 rings (SSSR count). The Hall–Kier alpha value is -2.34. The molecular formula is C14H22N4O7S. The van der Waals surface area contributed by atoms with Crippen molar-refractivity contribution in [3.05, 3.63) is 0 Å². The number of nitrogens with zero attached hydrogens (tertiary/aromatic N) is 1. The van der Waals surface area contributed by atoms with Crippen LogP contribution in [0.25, 0.3) is 0 Å². The number of hydrogen-bond donors (Lipinski definition) is 6. The molecule has 26 heavy (non-hydrogen) atoms. The van der Waals surface area contributed by atoms with Gasteiger partial charge in [-0.05, 0) is 12.8 Å². The van der Waals surface area contributed by atoms with Crippen molar-refractivity contribution in [3.8, 4) is 0 Å². The lowest BCUT2D eigenvalue weighted by Gasteiger charge is -2.26. The highest BCUT2D eigenvalue weighted by Gasteiger charge is 2.37. The number of nitrogens with one attached hydrogen (secondary N) is 2. The molecule has 1 fully saturated rings.